The monoisotopic (exact) mass is 553 g/mol. The second kappa shape index (κ2) is 13.9. The van der Waals surface area contributed by atoms with Gasteiger partial charge in [0.1, 0.15) is 10.7 Å². The summed E-state index contributed by atoms with van der Waals surface area (Å²) < 4.78 is 0. The summed E-state index contributed by atoms with van der Waals surface area (Å²) in [6, 6.07) is 30.6. The minimum atomic E-state index is -0.0891. The van der Waals surface area contributed by atoms with Gasteiger partial charge in [0, 0.05) is 24.4 Å². The summed E-state index contributed by atoms with van der Waals surface area (Å²) in [5.74, 6) is 0.625. The zero-order chi connectivity index (χ0) is 28.5. The largest absolute Gasteiger partial charge is 0.350 e. The predicted molar refractivity (Wildman–Crippen MR) is 168 cm³/mol. The summed E-state index contributed by atoms with van der Waals surface area (Å²) in [5, 5.41) is 5.85. The standard InChI is InChI=1S/C35H43N3OS/c1-26(2)22-36-34(39)32-25-40-33(37-32)24-38(23-27-16-18-30(19-17-27)35(3,4)5)21-20-31(28-12-8-6-9-13-28)29-14-10-7-11-15-29/h6-19,25-26,31H,20-24H2,1-5H3,(H,36,39). The Morgan fingerprint density at radius 1 is 0.875 bits per heavy atom. The average molecular weight is 554 g/mol. The Kier molecular flexibility index (Phi) is 10.3. The Labute approximate surface area is 244 Å². The van der Waals surface area contributed by atoms with E-state index >= 15 is 0 Å². The van der Waals surface area contributed by atoms with Crippen LogP contribution < -0.4 is 5.32 Å². The Morgan fingerprint density at radius 3 is 2.02 bits per heavy atom. The molecule has 210 valence electrons. The molecule has 1 N–H and O–H groups in total. The highest BCUT2D eigenvalue weighted by molar-refractivity contribution is 7.09. The molecule has 40 heavy (non-hydrogen) atoms. The van der Waals surface area contributed by atoms with Crippen LogP contribution >= 0.6 is 11.3 Å². The van der Waals surface area contributed by atoms with Gasteiger partial charge >= 0.3 is 0 Å². The fourth-order valence-electron chi connectivity index (χ4n) is 4.86. The van der Waals surface area contributed by atoms with E-state index in [1.165, 1.54) is 22.3 Å². The first-order valence-electron chi connectivity index (χ1n) is 14.3. The maximum Gasteiger partial charge on any atom is 0.270 e. The topological polar surface area (TPSA) is 45.2 Å². The van der Waals surface area contributed by atoms with Gasteiger partial charge in [-0.1, -0.05) is 120 Å². The molecule has 0 aliphatic carbocycles. The van der Waals surface area contributed by atoms with Gasteiger partial charge in [0.05, 0.1) is 6.54 Å². The van der Waals surface area contributed by atoms with Gasteiger partial charge < -0.3 is 5.32 Å². The van der Waals surface area contributed by atoms with Crippen molar-refractivity contribution in [3.05, 3.63) is 123 Å². The lowest BCUT2D eigenvalue weighted by atomic mass is 9.86. The first-order valence-corrected chi connectivity index (χ1v) is 15.2. The van der Waals surface area contributed by atoms with Gasteiger partial charge in [-0.25, -0.2) is 4.98 Å². The maximum atomic E-state index is 12.6. The molecule has 3 aromatic carbocycles. The quantitative estimate of drug-likeness (QED) is 0.193. The number of carbonyl (C=O) groups excluding carboxylic acids is 1. The molecule has 0 unspecified atom stereocenters. The van der Waals surface area contributed by atoms with Crippen molar-refractivity contribution >= 4 is 17.2 Å². The zero-order valence-corrected chi connectivity index (χ0v) is 25.4. The van der Waals surface area contributed by atoms with E-state index in [9.17, 15) is 4.79 Å². The van der Waals surface area contributed by atoms with Crippen molar-refractivity contribution in [3.8, 4) is 0 Å². The molecular formula is C35H43N3OS. The molecule has 0 aliphatic rings. The van der Waals surface area contributed by atoms with Crippen molar-refractivity contribution in [2.24, 2.45) is 5.92 Å². The van der Waals surface area contributed by atoms with E-state index in [4.69, 9.17) is 4.98 Å². The van der Waals surface area contributed by atoms with Gasteiger partial charge in [-0.3, -0.25) is 9.69 Å². The number of hydrogen-bond acceptors (Lipinski definition) is 4. The number of rotatable bonds is 12. The highest BCUT2D eigenvalue weighted by atomic mass is 32.1. The number of benzene rings is 3. The molecule has 0 aliphatic heterocycles. The molecule has 1 heterocycles. The van der Waals surface area contributed by atoms with Gasteiger partial charge in [0.15, 0.2) is 0 Å². The van der Waals surface area contributed by atoms with Gasteiger partial charge in [0.25, 0.3) is 5.91 Å². The average Bonchev–Trinajstić information content (AvgIpc) is 3.41. The first-order chi connectivity index (χ1) is 19.2. The molecule has 4 nitrogen and oxygen atoms in total. The van der Waals surface area contributed by atoms with Crippen LogP contribution in [0.1, 0.15) is 84.7 Å². The molecule has 4 rings (SSSR count). The molecule has 1 amide bonds. The van der Waals surface area contributed by atoms with E-state index in [2.05, 4.69) is 130 Å². The normalized spacial score (nSPS) is 11.9. The van der Waals surface area contributed by atoms with E-state index in [0.29, 0.717) is 30.6 Å². The second-order valence-corrected chi connectivity index (χ2v) is 13.0. The number of nitrogens with one attached hydrogen (secondary N) is 1. The van der Waals surface area contributed by atoms with Crippen molar-refractivity contribution < 1.29 is 4.79 Å². The fraction of sp³-hybridized carbons (Fsp3) is 0.371. The second-order valence-electron chi connectivity index (χ2n) is 12.1. The van der Waals surface area contributed by atoms with E-state index < -0.39 is 0 Å². The van der Waals surface area contributed by atoms with Crippen molar-refractivity contribution in [1.82, 2.24) is 15.2 Å². The molecule has 1 aromatic heterocycles. The van der Waals surface area contributed by atoms with Crippen LogP contribution in [0.3, 0.4) is 0 Å². The molecule has 0 saturated carbocycles. The molecule has 0 atom stereocenters. The van der Waals surface area contributed by atoms with Crippen LogP contribution in [-0.2, 0) is 18.5 Å². The Morgan fingerprint density at radius 2 is 1.48 bits per heavy atom. The third kappa shape index (κ3) is 8.61. The van der Waals surface area contributed by atoms with Crippen LogP contribution in [0.5, 0.6) is 0 Å². The number of thiazole rings is 1. The Bertz CT molecular complexity index is 1290. The number of hydrogen-bond donors (Lipinski definition) is 1. The van der Waals surface area contributed by atoms with Gasteiger partial charge in [-0.15, -0.1) is 11.3 Å². The third-order valence-electron chi connectivity index (χ3n) is 7.18. The summed E-state index contributed by atoms with van der Waals surface area (Å²) in [6.07, 6.45) is 0.987. The van der Waals surface area contributed by atoms with E-state index in [1.54, 1.807) is 11.3 Å². The van der Waals surface area contributed by atoms with Crippen molar-refractivity contribution in [1.29, 1.82) is 0 Å². The molecule has 0 spiro atoms. The molecule has 0 bridgehead atoms. The lowest BCUT2D eigenvalue weighted by Gasteiger charge is -2.26. The third-order valence-corrected chi connectivity index (χ3v) is 8.01. The first kappa shape index (κ1) is 29.7. The summed E-state index contributed by atoms with van der Waals surface area (Å²) in [4.78, 5) is 19.8. The minimum absolute atomic E-state index is 0.0891. The van der Waals surface area contributed by atoms with Gasteiger partial charge in [-0.05, 0) is 46.6 Å². The Hall–Kier alpha value is -3.28. The van der Waals surface area contributed by atoms with E-state index in [1.807, 2.05) is 5.38 Å². The molecule has 4 aromatic rings. The minimum Gasteiger partial charge on any atom is -0.350 e. The lowest BCUT2D eigenvalue weighted by Crippen LogP contribution is -2.28. The van der Waals surface area contributed by atoms with Crippen LogP contribution in [0.2, 0.25) is 0 Å². The van der Waals surface area contributed by atoms with Crippen LogP contribution in [0, 0.1) is 5.92 Å². The van der Waals surface area contributed by atoms with Crippen molar-refractivity contribution in [2.45, 2.75) is 65.5 Å². The van der Waals surface area contributed by atoms with Crippen molar-refractivity contribution in [3.63, 3.8) is 0 Å². The molecule has 0 radical (unpaired) electrons. The van der Waals surface area contributed by atoms with E-state index in [-0.39, 0.29) is 11.3 Å². The maximum absolute atomic E-state index is 12.6. The lowest BCUT2D eigenvalue weighted by molar-refractivity contribution is 0.0944. The van der Waals surface area contributed by atoms with E-state index in [0.717, 1.165) is 24.5 Å². The summed E-state index contributed by atoms with van der Waals surface area (Å²) in [6.45, 7) is 14.0. The number of aromatic nitrogens is 1. The summed E-state index contributed by atoms with van der Waals surface area (Å²) in [5.41, 5.74) is 5.94. The molecule has 0 saturated heterocycles. The smallest absolute Gasteiger partial charge is 0.270 e. The van der Waals surface area contributed by atoms with Crippen molar-refractivity contribution in [2.75, 3.05) is 13.1 Å². The number of amides is 1. The predicted octanol–water partition coefficient (Wildman–Crippen LogP) is 8.05. The number of nitrogens with zero attached hydrogens (tertiary/aromatic N) is 2. The Balaban J connectivity index is 1.54. The van der Waals surface area contributed by atoms with Crippen LogP contribution in [0.15, 0.2) is 90.3 Å². The van der Waals surface area contributed by atoms with Gasteiger partial charge in [0.2, 0.25) is 0 Å². The molecule has 5 heteroatoms. The molecular weight excluding hydrogens is 510 g/mol. The van der Waals surface area contributed by atoms with Crippen LogP contribution in [-0.4, -0.2) is 28.9 Å². The highest BCUT2D eigenvalue weighted by Crippen LogP contribution is 2.29. The fourth-order valence-corrected chi connectivity index (χ4v) is 5.67. The SMILES string of the molecule is CC(C)CNC(=O)c1csc(CN(CCC(c2ccccc2)c2ccccc2)Cc2ccc(C(C)(C)C)cc2)n1. The van der Waals surface area contributed by atoms with Gasteiger partial charge in [-0.2, -0.15) is 0 Å². The summed E-state index contributed by atoms with van der Waals surface area (Å²) >= 11 is 1.57. The zero-order valence-electron chi connectivity index (χ0n) is 24.6. The molecule has 0 fully saturated rings. The summed E-state index contributed by atoms with van der Waals surface area (Å²) in [7, 11) is 0. The highest BCUT2D eigenvalue weighted by Gasteiger charge is 2.19. The number of carbonyl (C=O) groups is 1. The van der Waals surface area contributed by atoms with Crippen LogP contribution in [0.25, 0.3) is 0 Å². The van der Waals surface area contributed by atoms with Crippen LogP contribution in [0.4, 0.5) is 0 Å².